The predicted octanol–water partition coefficient (Wildman–Crippen LogP) is 1.20. The molecule has 6 heteroatoms. The van der Waals surface area contributed by atoms with E-state index in [9.17, 15) is 4.79 Å². The Morgan fingerprint density at radius 3 is 2.95 bits per heavy atom. The standard InChI is InChI=1S/C13H19BrN4O/c1-8-12(14)11(17(2)16-8)7-18-6-10-9(13(18)19)4-3-5-15-10/h9-10,15H,3-7H2,1-2H3. The number of hydrogen-bond acceptors (Lipinski definition) is 3. The van der Waals surface area contributed by atoms with Crippen LogP contribution in [0.25, 0.3) is 0 Å². The highest BCUT2D eigenvalue weighted by molar-refractivity contribution is 9.10. The van der Waals surface area contributed by atoms with Crippen molar-refractivity contribution in [1.29, 1.82) is 0 Å². The number of rotatable bonds is 2. The molecule has 0 aromatic carbocycles. The van der Waals surface area contributed by atoms with Crippen LogP contribution in [0.1, 0.15) is 24.2 Å². The zero-order chi connectivity index (χ0) is 13.6. The third kappa shape index (κ3) is 2.21. The first kappa shape index (κ1) is 13.1. The number of nitrogens with zero attached hydrogens (tertiary/aromatic N) is 3. The summed E-state index contributed by atoms with van der Waals surface area (Å²) in [6, 6.07) is 0.342. The minimum atomic E-state index is 0.182. The lowest BCUT2D eigenvalue weighted by Crippen LogP contribution is -2.41. The fourth-order valence-electron chi connectivity index (χ4n) is 3.18. The molecule has 19 heavy (non-hydrogen) atoms. The summed E-state index contributed by atoms with van der Waals surface area (Å²) in [4.78, 5) is 14.4. The topological polar surface area (TPSA) is 50.2 Å². The second-order valence-corrected chi connectivity index (χ2v) is 6.29. The molecule has 1 aromatic rings. The van der Waals surface area contributed by atoms with E-state index in [-0.39, 0.29) is 5.92 Å². The van der Waals surface area contributed by atoms with Gasteiger partial charge in [0.2, 0.25) is 5.91 Å². The van der Waals surface area contributed by atoms with Gasteiger partial charge in [0, 0.05) is 19.6 Å². The Balaban J connectivity index is 1.79. The van der Waals surface area contributed by atoms with Gasteiger partial charge in [-0.3, -0.25) is 9.48 Å². The van der Waals surface area contributed by atoms with Gasteiger partial charge < -0.3 is 10.2 Å². The highest BCUT2D eigenvalue weighted by atomic mass is 79.9. The third-order valence-corrected chi connectivity index (χ3v) is 5.26. The number of fused-ring (bicyclic) bond motifs is 1. The largest absolute Gasteiger partial charge is 0.335 e. The van der Waals surface area contributed by atoms with E-state index in [1.807, 2.05) is 23.6 Å². The number of halogens is 1. The van der Waals surface area contributed by atoms with Crippen molar-refractivity contribution in [1.82, 2.24) is 20.0 Å². The summed E-state index contributed by atoms with van der Waals surface area (Å²) in [5, 5.41) is 7.85. The van der Waals surface area contributed by atoms with Gasteiger partial charge in [-0.1, -0.05) is 0 Å². The third-order valence-electron chi connectivity index (χ3n) is 4.23. The van der Waals surface area contributed by atoms with Crippen LogP contribution in [0.2, 0.25) is 0 Å². The van der Waals surface area contributed by atoms with Crippen molar-refractivity contribution < 1.29 is 4.79 Å². The predicted molar refractivity (Wildman–Crippen MR) is 75.6 cm³/mol. The van der Waals surface area contributed by atoms with Crippen molar-refractivity contribution in [3.8, 4) is 0 Å². The average Bonchev–Trinajstić information content (AvgIpc) is 2.83. The summed E-state index contributed by atoms with van der Waals surface area (Å²) in [5.74, 6) is 0.477. The smallest absolute Gasteiger partial charge is 0.227 e. The van der Waals surface area contributed by atoms with Crippen LogP contribution in [0.3, 0.4) is 0 Å². The quantitative estimate of drug-likeness (QED) is 0.888. The maximum absolute atomic E-state index is 12.4. The van der Waals surface area contributed by atoms with E-state index in [4.69, 9.17) is 0 Å². The number of hydrogen-bond donors (Lipinski definition) is 1. The fraction of sp³-hybridized carbons (Fsp3) is 0.692. The number of carbonyl (C=O) groups is 1. The van der Waals surface area contributed by atoms with E-state index < -0.39 is 0 Å². The number of likely N-dealkylation sites (tertiary alicyclic amines) is 1. The maximum Gasteiger partial charge on any atom is 0.227 e. The Bertz CT molecular complexity index is 513. The van der Waals surface area contributed by atoms with Gasteiger partial charge in [-0.15, -0.1) is 0 Å². The SMILES string of the molecule is Cc1nn(C)c(CN2CC3NCCCC3C2=O)c1Br. The Kier molecular flexibility index (Phi) is 3.39. The molecule has 5 nitrogen and oxygen atoms in total. The molecule has 0 spiro atoms. The monoisotopic (exact) mass is 326 g/mol. The highest BCUT2D eigenvalue weighted by Crippen LogP contribution is 2.29. The first-order valence-corrected chi connectivity index (χ1v) is 7.57. The number of amides is 1. The lowest BCUT2D eigenvalue weighted by atomic mass is 9.94. The average molecular weight is 327 g/mol. The molecule has 2 unspecified atom stereocenters. The number of carbonyl (C=O) groups excluding carboxylic acids is 1. The number of aryl methyl sites for hydroxylation is 2. The van der Waals surface area contributed by atoms with E-state index in [1.165, 1.54) is 0 Å². The zero-order valence-electron chi connectivity index (χ0n) is 11.3. The van der Waals surface area contributed by atoms with Gasteiger partial charge in [-0.05, 0) is 42.2 Å². The van der Waals surface area contributed by atoms with Crippen LogP contribution in [0.15, 0.2) is 4.47 Å². The molecule has 0 bridgehead atoms. The van der Waals surface area contributed by atoms with Gasteiger partial charge in [0.25, 0.3) is 0 Å². The van der Waals surface area contributed by atoms with E-state index in [1.54, 1.807) is 0 Å². The molecule has 0 radical (unpaired) electrons. The van der Waals surface area contributed by atoms with Crippen molar-refractivity contribution in [2.45, 2.75) is 32.4 Å². The molecule has 1 aromatic heterocycles. The second-order valence-electron chi connectivity index (χ2n) is 5.50. The first-order chi connectivity index (χ1) is 9.08. The Morgan fingerprint density at radius 1 is 1.53 bits per heavy atom. The summed E-state index contributed by atoms with van der Waals surface area (Å²) in [7, 11) is 1.93. The molecule has 1 amide bonds. The summed E-state index contributed by atoms with van der Waals surface area (Å²) in [6.45, 7) is 4.48. The molecule has 2 aliphatic heterocycles. The molecule has 0 saturated carbocycles. The molecule has 2 fully saturated rings. The van der Waals surface area contributed by atoms with Crippen LogP contribution in [0.4, 0.5) is 0 Å². The van der Waals surface area contributed by atoms with Crippen LogP contribution < -0.4 is 5.32 Å². The highest BCUT2D eigenvalue weighted by Gasteiger charge is 2.41. The molecular weight excluding hydrogens is 308 g/mol. The molecular formula is C13H19BrN4O. The number of aromatic nitrogens is 2. The number of nitrogens with one attached hydrogen (secondary N) is 1. The van der Waals surface area contributed by atoms with Gasteiger partial charge in [-0.25, -0.2) is 0 Å². The summed E-state index contributed by atoms with van der Waals surface area (Å²) >= 11 is 3.57. The van der Waals surface area contributed by atoms with Crippen molar-refractivity contribution >= 4 is 21.8 Å². The minimum Gasteiger partial charge on any atom is -0.335 e. The van der Waals surface area contributed by atoms with Crippen LogP contribution >= 0.6 is 15.9 Å². The second kappa shape index (κ2) is 4.90. The van der Waals surface area contributed by atoms with Gasteiger partial charge in [-0.2, -0.15) is 5.10 Å². The molecule has 104 valence electrons. The van der Waals surface area contributed by atoms with Gasteiger partial charge in [0.1, 0.15) is 0 Å². The van der Waals surface area contributed by atoms with Gasteiger partial charge in [0.05, 0.1) is 28.3 Å². The molecule has 0 aliphatic carbocycles. The van der Waals surface area contributed by atoms with Crippen LogP contribution in [-0.4, -0.2) is 39.7 Å². The Morgan fingerprint density at radius 2 is 2.32 bits per heavy atom. The van der Waals surface area contributed by atoms with Crippen molar-refractivity contribution in [2.75, 3.05) is 13.1 Å². The lowest BCUT2D eigenvalue weighted by molar-refractivity contribution is -0.132. The zero-order valence-corrected chi connectivity index (χ0v) is 12.9. The van der Waals surface area contributed by atoms with Crippen LogP contribution in [-0.2, 0) is 18.4 Å². The van der Waals surface area contributed by atoms with Crippen molar-refractivity contribution in [3.05, 3.63) is 15.9 Å². The van der Waals surface area contributed by atoms with Crippen molar-refractivity contribution in [2.24, 2.45) is 13.0 Å². The first-order valence-electron chi connectivity index (χ1n) is 6.78. The summed E-state index contributed by atoms with van der Waals surface area (Å²) < 4.78 is 2.88. The summed E-state index contributed by atoms with van der Waals surface area (Å²) in [5.41, 5.74) is 2.05. The van der Waals surface area contributed by atoms with Crippen LogP contribution in [0.5, 0.6) is 0 Å². The molecule has 2 atom stereocenters. The Hall–Kier alpha value is -0.880. The van der Waals surface area contributed by atoms with Gasteiger partial charge >= 0.3 is 0 Å². The molecule has 3 heterocycles. The van der Waals surface area contributed by atoms with Crippen LogP contribution in [0, 0.1) is 12.8 Å². The minimum absolute atomic E-state index is 0.182. The molecule has 1 N–H and O–H groups in total. The van der Waals surface area contributed by atoms with E-state index in [0.717, 1.165) is 41.8 Å². The number of piperidine rings is 1. The summed E-state index contributed by atoms with van der Waals surface area (Å²) in [6.07, 6.45) is 2.13. The normalized spacial score (nSPS) is 26.9. The lowest BCUT2D eigenvalue weighted by Gasteiger charge is -2.23. The molecule has 2 saturated heterocycles. The Labute approximate surface area is 121 Å². The van der Waals surface area contributed by atoms with Crippen molar-refractivity contribution in [3.63, 3.8) is 0 Å². The van der Waals surface area contributed by atoms with E-state index >= 15 is 0 Å². The maximum atomic E-state index is 12.4. The van der Waals surface area contributed by atoms with E-state index in [2.05, 4.69) is 26.3 Å². The molecule has 2 aliphatic rings. The fourth-order valence-corrected chi connectivity index (χ4v) is 3.64. The van der Waals surface area contributed by atoms with Gasteiger partial charge in [0.15, 0.2) is 0 Å². The van der Waals surface area contributed by atoms with E-state index in [0.29, 0.717) is 18.5 Å². The molecule has 3 rings (SSSR count).